The van der Waals surface area contributed by atoms with Crippen molar-refractivity contribution in [2.24, 2.45) is 0 Å². The van der Waals surface area contributed by atoms with Crippen molar-refractivity contribution in [3.05, 3.63) is 108 Å². The lowest BCUT2D eigenvalue weighted by atomic mass is 10.0. The summed E-state index contributed by atoms with van der Waals surface area (Å²) in [5, 5.41) is 0. The van der Waals surface area contributed by atoms with E-state index in [0.717, 1.165) is 11.1 Å². The quantitative estimate of drug-likeness (QED) is 0.655. The van der Waals surface area contributed by atoms with E-state index >= 15 is 0 Å². The predicted molar refractivity (Wildman–Crippen MR) is 106 cm³/mol. The average Bonchev–Trinajstić information content (AvgIpc) is 2.69. The van der Waals surface area contributed by atoms with E-state index in [1.54, 1.807) is 30.3 Å². The predicted octanol–water partition coefficient (Wildman–Crippen LogP) is 4.81. The standard InChI is InChI=1S/C22H21NO2S/c24-26(25,21-16-8-3-9-17-21)23-22(20-14-6-2-7-15-20)18-10-13-19-11-4-1-5-12-19/h1-17,22-23H,18H2/b13-10+. The fraction of sp³-hybridized carbons (Fsp3) is 0.0909. The Morgan fingerprint density at radius 1 is 0.769 bits per heavy atom. The fourth-order valence-corrected chi connectivity index (χ4v) is 3.96. The highest BCUT2D eigenvalue weighted by Gasteiger charge is 2.20. The summed E-state index contributed by atoms with van der Waals surface area (Å²) >= 11 is 0. The van der Waals surface area contributed by atoms with Gasteiger partial charge in [0.15, 0.2) is 0 Å². The van der Waals surface area contributed by atoms with E-state index in [2.05, 4.69) is 4.72 Å². The first-order valence-electron chi connectivity index (χ1n) is 8.49. The smallest absolute Gasteiger partial charge is 0.207 e. The molecule has 3 aromatic rings. The minimum absolute atomic E-state index is 0.271. The number of nitrogens with one attached hydrogen (secondary N) is 1. The minimum Gasteiger partial charge on any atom is -0.207 e. The van der Waals surface area contributed by atoms with Crippen LogP contribution in [0, 0.1) is 0 Å². The molecule has 132 valence electrons. The fourth-order valence-electron chi connectivity index (χ4n) is 2.70. The maximum Gasteiger partial charge on any atom is 0.241 e. The molecule has 4 heteroatoms. The highest BCUT2D eigenvalue weighted by molar-refractivity contribution is 7.89. The summed E-state index contributed by atoms with van der Waals surface area (Å²) < 4.78 is 28.3. The highest BCUT2D eigenvalue weighted by atomic mass is 32.2. The van der Waals surface area contributed by atoms with Crippen LogP contribution in [0.4, 0.5) is 0 Å². The Morgan fingerprint density at radius 3 is 1.92 bits per heavy atom. The maximum atomic E-state index is 12.7. The van der Waals surface area contributed by atoms with Gasteiger partial charge >= 0.3 is 0 Å². The zero-order chi connectivity index (χ0) is 18.2. The van der Waals surface area contributed by atoms with Crippen LogP contribution in [0.15, 0.2) is 102 Å². The molecule has 1 unspecified atom stereocenters. The topological polar surface area (TPSA) is 46.2 Å². The Hall–Kier alpha value is -2.69. The summed E-state index contributed by atoms with van der Waals surface area (Å²) in [5.41, 5.74) is 2.02. The molecule has 26 heavy (non-hydrogen) atoms. The number of rotatable bonds is 7. The summed E-state index contributed by atoms with van der Waals surface area (Å²) in [4.78, 5) is 0.271. The van der Waals surface area contributed by atoms with E-state index in [4.69, 9.17) is 0 Å². The molecule has 0 aliphatic carbocycles. The zero-order valence-corrected chi connectivity index (χ0v) is 15.1. The van der Waals surface area contributed by atoms with Crippen molar-refractivity contribution in [2.45, 2.75) is 17.4 Å². The van der Waals surface area contributed by atoms with E-state index < -0.39 is 10.0 Å². The first-order valence-corrected chi connectivity index (χ1v) is 9.97. The van der Waals surface area contributed by atoms with Gasteiger partial charge in [-0.25, -0.2) is 13.1 Å². The monoisotopic (exact) mass is 363 g/mol. The van der Waals surface area contributed by atoms with Crippen molar-refractivity contribution in [1.82, 2.24) is 4.72 Å². The van der Waals surface area contributed by atoms with Gasteiger partial charge in [-0.1, -0.05) is 91.0 Å². The lowest BCUT2D eigenvalue weighted by molar-refractivity contribution is 0.558. The van der Waals surface area contributed by atoms with E-state index in [1.165, 1.54) is 0 Å². The number of hydrogen-bond donors (Lipinski definition) is 1. The van der Waals surface area contributed by atoms with Gasteiger partial charge in [-0.15, -0.1) is 0 Å². The lowest BCUT2D eigenvalue weighted by Crippen LogP contribution is -2.28. The van der Waals surface area contributed by atoms with Crippen LogP contribution >= 0.6 is 0 Å². The molecule has 0 aromatic heterocycles. The third-order valence-corrected chi connectivity index (χ3v) is 5.52. The van der Waals surface area contributed by atoms with Gasteiger partial charge in [-0.3, -0.25) is 0 Å². The van der Waals surface area contributed by atoms with Crippen molar-refractivity contribution in [3.63, 3.8) is 0 Å². The van der Waals surface area contributed by atoms with Crippen molar-refractivity contribution in [2.75, 3.05) is 0 Å². The van der Waals surface area contributed by atoms with Gasteiger partial charge in [0.2, 0.25) is 10.0 Å². The lowest BCUT2D eigenvalue weighted by Gasteiger charge is -2.18. The summed E-state index contributed by atoms with van der Waals surface area (Å²) in [5.74, 6) is 0. The molecule has 0 bridgehead atoms. The van der Waals surface area contributed by atoms with Gasteiger partial charge < -0.3 is 0 Å². The molecule has 3 rings (SSSR count). The van der Waals surface area contributed by atoms with Gasteiger partial charge in [-0.2, -0.15) is 0 Å². The Morgan fingerprint density at radius 2 is 1.31 bits per heavy atom. The molecule has 0 saturated carbocycles. The van der Waals surface area contributed by atoms with Crippen LogP contribution in [0.1, 0.15) is 23.6 Å². The number of benzene rings is 3. The van der Waals surface area contributed by atoms with Crippen LogP contribution < -0.4 is 4.72 Å². The van der Waals surface area contributed by atoms with Crippen LogP contribution in [0.25, 0.3) is 6.08 Å². The Bertz CT molecular complexity index is 937. The molecule has 1 atom stereocenters. The molecule has 0 radical (unpaired) electrons. The third-order valence-electron chi connectivity index (χ3n) is 4.03. The van der Waals surface area contributed by atoms with Crippen LogP contribution in [0.2, 0.25) is 0 Å². The van der Waals surface area contributed by atoms with E-state index in [-0.39, 0.29) is 10.9 Å². The molecule has 3 nitrogen and oxygen atoms in total. The second-order valence-electron chi connectivity index (χ2n) is 5.95. The molecule has 0 saturated heterocycles. The van der Waals surface area contributed by atoms with Crippen LogP contribution in [-0.2, 0) is 10.0 Å². The molecule has 1 N–H and O–H groups in total. The van der Waals surface area contributed by atoms with Gasteiger partial charge in [0.05, 0.1) is 10.9 Å². The van der Waals surface area contributed by atoms with Crippen molar-refractivity contribution < 1.29 is 8.42 Å². The largest absolute Gasteiger partial charge is 0.241 e. The van der Waals surface area contributed by atoms with E-state index in [1.807, 2.05) is 72.8 Å². The molecule has 0 aliphatic rings. The summed E-state index contributed by atoms with van der Waals surface area (Å²) in [6, 6.07) is 27.7. The third kappa shape index (κ3) is 4.91. The SMILES string of the molecule is O=S(=O)(NC(C/C=C/c1ccccc1)c1ccccc1)c1ccccc1. The van der Waals surface area contributed by atoms with Crippen molar-refractivity contribution >= 4 is 16.1 Å². The molecule has 0 aliphatic heterocycles. The Balaban J connectivity index is 1.81. The average molecular weight is 363 g/mol. The second-order valence-corrected chi connectivity index (χ2v) is 7.66. The summed E-state index contributed by atoms with van der Waals surface area (Å²) in [7, 11) is -3.59. The Labute approximate surface area is 155 Å². The maximum absolute atomic E-state index is 12.7. The summed E-state index contributed by atoms with van der Waals surface area (Å²) in [6.07, 6.45) is 4.57. The molecular weight excluding hydrogens is 342 g/mol. The Kier molecular flexibility index (Phi) is 6.00. The molecule has 0 fully saturated rings. The van der Waals surface area contributed by atoms with Gasteiger partial charge in [0.1, 0.15) is 0 Å². The normalized spacial score (nSPS) is 12.9. The molecule has 0 heterocycles. The van der Waals surface area contributed by atoms with Gasteiger partial charge in [0.25, 0.3) is 0 Å². The number of hydrogen-bond acceptors (Lipinski definition) is 2. The van der Waals surface area contributed by atoms with Gasteiger partial charge in [-0.05, 0) is 29.7 Å². The van der Waals surface area contributed by atoms with Crippen LogP contribution in [0.3, 0.4) is 0 Å². The van der Waals surface area contributed by atoms with Crippen molar-refractivity contribution in [1.29, 1.82) is 0 Å². The first kappa shape index (κ1) is 18.1. The van der Waals surface area contributed by atoms with E-state index in [9.17, 15) is 8.42 Å². The van der Waals surface area contributed by atoms with Crippen molar-refractivity contribution in [3.8, 4) is 0 Å². The molecule has 3 aromatic carbocycles. The minimum atomic E-state index is -3.59. The molecule has 0 spiro atoms. The first-order chi connectivity index (χ1) is 12.6. The van der Waals surface area contributed by atoms with Crippen LogP contribution in [0.5, 0.6) is 0 Å². The van der Waals surface area contributed by atoms with Gasteiger partial charge in [0, 0.05) is 0 Å². The highest BCUT2D eigenvalue weighted by Crippen LogP contribution is 2.21. The molecular formula is C22H21NO2S. The van der Waals surface area contributed by atoms with E-state index in [0.29, 0.717) is 6.42 Å². The second kappa shape index (κ2) is 8.61. The zero-order valence-electron chi connectivity index (χ0n) is 14.3. The molecule has 0 amide bonds. The van der Waals surface area contributed by atoms with Crippen LogP contribution in [-0.4, -0.2) is 8.42 Å². The number of sulfonamides is 1. The summed E-state index contributed by atoms with van der Waals surface area (Å²) in [6.45, 7) is 0.